The van der Waals surface area contributed by atoms with Gasteiger partial charge in [0.2, 0.25) is 0 Å². The molecule has 178 valence electrons. The van der Waals surface area contributed by atoms with E-state index < -0.39 is 13.0 Å². The Bertz CT molecular complexity index is 1430. The molecule has 5 N–H and O–H groups in total. The quantitative estimate of drug-likeness (QED) is 0.314. The normalized spacial score (nSPS) is 13.1. The first-order chi connectivity index (χ1) is 16.8. The summed E-state index contributed by atoms with van der Waals surface area (Å²) in [5, 5.41) is 22.5. The van der Waals surface area contributed by atoms with Gasteiger partial charge in [-0.2, -0.15) is 0 Å². The van der Waals surface area contributed by atoms with Gasteiger partial charge in [-0.05, 0) is 48.5 Å². The standard InChI is InChI=1S/C25H27BN6O3/c1-15-14-32-19(9-4-10-20(32)22(27)33)21(15)24-29-23(18-8-5-11-31(2)25(18)30-24)28-13-16-6-3-7-17(12-16)26(34)35/h3-4,6-7,9-10,12,14,34-35H,5,8,11,13H2,1-2H3,(H2,27,33)(H,28,29,30). The van der Waals surface area contributed by atoms with Crippen LogP contribution < -0.4 is 21.4 Å². The average molecular weight is 470 g/mol. The first-order valence-electron chi connectivity index (χ1n) is 11.5. The largest absolute Gasteiger partial charge is 0.488 e. The fraction of sp³-hybridized carbons (Fsp3) is 0.240. The molecule has 0 fully saturated rings. The van der Waals surface area contributed by atoms with Crippen LogP contribution in [0.3, 0.4) is 0 Å². The van der Waals surface area contributed by atoms with Crippen molar-refractivity contribution in [3.63, 3.8) is 0 Å². The van der Waals surface area contributed by atoms with E-state index in [1.165, 1.54) is 0 Å². The lowest BCUT2D eigenvalue weighted by molar-refractivity contribution is 0.0994. The second kappa shape index (κ2) is 9.05. The number of primary amides is 1. The van der Waals surface area contributed by atoms with Gasteiger partial charge in [0.25, 0.3) is 5.91 Å². The fourth-order valence-electron chi connectivity index (χ4n) is 4.74. The summed E-state index contributed by atoms with van der Waals surface area (Å²) in [5.41, 5.74) is 11.0. The molecule has 0 spiro atoms. The van der Waals surface area contributed by atoms with E-state index in [-0.39, 0.29) is 0 Å². The minimum atomic E-state index is -1.52. The number of benzene rings is 1. The molecule has 35 heavy (non-hydrogen) atoms. The molecule has 1 amide bonds. The number of aromatic nitrogens is 3. The Morgan fingerprint density at radius 1 is 1.20 bits per heavy atom. The highest BCUT2D eigenvalue weighted by Crippen LogP contribution is 2.35. The van der Waals surface area contributed by atoms with Crippen molar-refractivity contribution in [1.29, 1.82) is 0 Å². The third-order valence-electron chi connectivity index (χ3n) is 6.45. The number of hydrogen-bond acceptors (Lipinski definition) is 7. The van der Waals surface area contributed by atoms with Crippen LogP contribution in [0.25, 0.3) is 16.9 Å². The summed E-state index contributed by atoms with van der Waals surface area (Å²) >= 11 is 0. The lowest BCUT2D eigenvalue weighted by Crippen LogP contribution is -2.30. The zero-order chi connectivity index (χ0) is 24.7. The summed E-state index contributed by atoms with van der Waals surface area (Å²) in [6.07, 6.45) is 3.75. The van der Waals surface area contributed by atoms with Gasteiger partial charge in [0, 0.05) is 37.5 Å². The van der Waals surface area contributed by atoms with Gasteiger partial charge in [0.15, 0.2) is 5.82 Å². The van der Waals surface area contributed by atoms with E-state index in [2.05, 4.69) is 10.2 Å². The third-order valence-corrected chi connectivity index (χ3v) is 6.45. The maximum atomic E-state index is 12.0. The van der Waals surface area contributed by atoms with E-state index in [1.54, 1.807) is 28.7 Å². The van der Waals surface area contributed by atoms with Crippen molar-refractivity contribution in [2.45, 2.75) is 26.3 Å². The maximum absolute atomic E-state index is 12.0. The van der Waals surface area contributed by atoms with Crippen LogP contribution in [-0.4, -0.2) is 51.0 Å². The number of hydrogen-bond donors (Lipinski definition) is 4. The van der Waals surface area contributed by atoms with E-state index in [4.69, 9.17) is 15.7 Å². The Labute approximate surface area is 203 Å². The van der Waals surface area contributed by atoms with E-state index in [0.717, 1.165) is 58.8 Å². The fourth-order valence-corrected chi connectivity index (χ4v) is 4.74. The van der Waals surface area contributed by atoms with Gasteiger partial charge in [0.1, 0.15) is 17.3 Å². The van der Waals surface area contributed by atoms with Gasteiger partial charge in [0.05, 0.1) is 5.52 Å². The summed E-state index contributed by atoms with van der Waals surface area (Å²) in [5.74, 6) is 1.70. The van der Waals surface area contributed by atoms with Crippen molar-refractivity contribution in [3.8, 4) is 11.4 Å². The molecule has 9 nitrogen and oxygen atoms in total. The Morgan fingerprint density at radius 2 is 2.00 bits per heavy atom. The summed E-state index contributed by atoms with van der Waals surface area (Å²) in [4.78, 5) is 24.0. The number of nitrogens with two attached hydrogens (primary N) is 1. The van der Waals surface area contributed by atoms with Gasteiger partial charge in [-0.15, -0.1) is 0 Å². The highest BCUT2D eigenvalue weighted by molar-refractivity contribution is 6.58. The molecule has 4 heterocycles. The molecule has 0 unspecified atom stereocenters. The van der Waals surface area contributed by atoms with Crippen molar-refractivity contribution in [1.82, 2.24) is 14.4 Å². The monoisotopic (exact) mass is 470 g/mol. The van der Waals surface area contributed by atoms with Crippen LogP contribution in [0.4, 0.5) is 11.6 Å². The van der Waals surface area contributed by atoms with Crippen molar-refractivity contribution in [2.75, 3.05) is 23.8 Å². The van der Waals surface area contributed by atoms with Crippen molar-refractivity contribution < 1.29 is 14.8 Å². The van der Waals surface area contributed by atoms with E-state index in [0.29, 0.717) is 23.5 Å². The number of carbonyl (C=O) groups excluding carboxylic acids is 1. The first-order valence-corrected chi connectivity index (χ1v) is 11.5. The SMILES string of the molecule is Cc1cn2c(C(N)=O)cccc2c1-c1nc(NCc2cccc(B(O)O)c2)c2c(n1)N(C)CCC2. The predicted octanol–water partition coefficient (Wildman–Crippen LogP) is 1.48. The number of nitrogens with zero attached hydrogens (tertiary/aromatic N) is 4. The number of aryl methyl sites for hydroxylation is 1. The molecule has 0 saturated carbocycles. The summed E-state index contributed by atoms with van der Waals surface area (Å²) < 4.78 is 1.79. The molecule has 3 aromatic heterocycles. The second-order valence-electron chi connectivity index (χ2n) is 8.91. The van der Waals surface area contributed by atoms with Crippen molar-refractivity contribution in [2.24, 2.45) is 5.73 Å². The van der Waals surface area contributed by atoms with Crippen LogP contribution >= 0.6 is 0 Å². The zero-order valence-electron chi connectivity index (χ0n) is 19.7. The molecule has 0 atom stereocenters. The van der Waals surface area contributed by atoms with Gasteiger partial charge in [-0.3, -0.25) is 4.79 Å². The third kappa shape index (κ3) is 4.22. The van der Waals surface area contributed by atoms with E-state index in [1.807, 2.05) is 38.4 Å². The van der Waals surface area contributed by atoms with Crippen molar-refractivity contribution in [3.05, 3.63) is 71.0 Å². The number of pyridine rings is 1. The molecule has 1 aliphatic heterocycles. The second-order valence-corrected chi connectivity index (χ2v) is 8.91. The van der Waals surface area contributed by atoms with Gasteiger partial charge >= 0.3 is 7.12 Å². The Balaban J connectivity index is 1.60. The number of amides is 1. The molecule has 0 saturated heterocycles. The van der Waals surface area contributed by atoms with Gasteiger partial charge in [-0.1, -0.05) is 30.3 Å². The van der Waals surface area contributed by atoms with Crippen LogP contribution in [0.15, 0.2) is 48.7 Å². The topological polar surface area (TPSA) is 129 Å². The molecule has 5 rings (SSSR count). The first kappa shape index (κ1) is 22.9. The highest BCUT2D eigenvalue weighted by atomic mass is 16.4. The van der Waals surface area contributed by atoms with Crippen LogP contribution in [0.5, 0.6) is 0 Å². The predicted molar refractivity (Wildman–Crippen MR) is 137 cm³/mol. The molecule has 0 aliphatic carbocycles. The minimum Gasteiger partial charge on any atom is -0.423 e. The van der Waals surface area contributed by atoms with Crippen LogP contribution in [0.2, 0.25) is 0 Å². The van der Waals surface area contributed by atoms with Crippen LogP contribution in [-0.2, 0) is 13.0 Å². The zero-order valence-corrected chi connectivity index (χ0v) is 19.7. The van der Waals surface area contributed by atoms with Crippen LogP contribution in [0, 0.1) is 6.92 Å². The van der Waals surface area contributed by atoms with Crippen LogP contribution in [0.1, 0.15) is 33.6 Å². The highest BCUT2D eigenvalue weighted by Gasteiger charge is 2.24. The molecule has 1 aromatic carbocycles. The molecule has 0 radical (unpaired) electrons. The van der Waals surface area contributed by atoms with Gasteiger partial charge in [-0.25, -0.2) is 9.97 Å². The Kier molecular flexibility index (Phi) is 5.92. The minimum absolute atomic E-state index is 0.399. The number of nitrogens with one attached hydrogen (secondary N) is 1. The van der Waals surface area contributed by atoms with Gasteiger partial charge < -0.3 is 30.4 Å². The smallest absolute Gasteiger partial charge is 0.423 e. The molecule has 4 aromatic rings. The van der Waals surface area contributed by atoms with Crippen molar-refractivity contribution >= 4 is 35.6 Å². The number of fused-ring (bicyclic) bond motifs is 2. The number of rotatable bonds is 6. The molecular formula is C25H27BN6O3. The van der Waals surface area contributed by atoms with E-state index >= 15 is 0 Å². The summed E-state index contributed by atoms with van der Waals surface area (Å²) in [6, 6.07) is 12.6. The maximum Gasteiger partial charge on any atom is 0.488 e. The molecule has 0 bridgehead atoms. The lowest BCUT2D eigenvalue weighted by Gasteiger charge is -2.28. The number of carbonyl (C=O) groups is 1. The summed E-state index contributed by atoms with van der Waals surface area (Å²) in [7, 11) is 0.513. The lowest BCUT2D eigenvalue weighted by atomic mass is 9.79. The molecule has 1 aliphatic rings. The average Bonchev–Trinajstić information content (AvgIpc) is 3.18. The Morgan fingerprint density at radius 3 is 2.77 bits per heavy atom. The summed E-state index contributed by atoms with van der Waals surface area (Å²) in [6.45, 7) is 3.34. The Hall–Kier alpha value is -3.89. The molecular weight excluding hydrogens is 443 g/mol. The van der Waals surface area contributed by atoms with E-state index in [9.17, 15) is 14.8 Å². The molecule has 10 heteroatoms. The number of anilines is 2.